The predicted octanol–water partition coefficient (Wildman–Crippen LogP) is 8.30. The first-order valence-corrected chi connectivity index (χ1v) is 22.2. The Morgan fingerprint density at radius 3 is 2.05 bits per heavy atom. The number of cyclic esters (lactones) is 1. The average Bonchev–Trinajstić information content (AvgIpc) is 3.13. The molecule has 0 saturated carbocycles. The van der Waals surface area contributed by atoms with Crippen molar-refractivity contribution in [2.75, 3.05) is 7.11 Å². The first-order valence-electron chi connectivity index (χ1n) is 19.3. The van der Waals surface area contributed by atoms with Gasteiger partial charge in [0.1, 0.15) is 36.4 Å². The van der Waals surface area contributed by atoms with E-state index in [-0.39, 0.29) is 24.2 Å². The molecule has 2 N–H and O–H groups in total. The molecule has 55 heavy (non-hydrogen) atoms. The molecule has 0 aliphatic carbocycles. The summed E-state index contributed by atoms with van der Waals surface area (Å²) in [4.78, 5) is 26.2. The second-order valence-electron chi connectivity index (χ2n) is 17.3. The summed E-state index contributed by atoms with van der Waals surface area (Å²) in [6, 6.07) is 21.4. The molecule has 0 radical (unpaired) electrons. The van der Waals surface area contributed by atoms with Crippen LogP contribution in [-0.2, 0) is 43.1 Å². The van der Waals surface area contributed by atoms with E-state index in [4.69, 9.17) is 28.1 Å². The molecule has 1 unspecified atom stereocenters. The second kappa shape index (κ2) is 17.2. The van der Waals surface area contributed by atoms with Gasteiger partial charge < -0.3 is 38.3 Å². The summed E-state index contributed by atoms with van der Waals surface area (Å²) in [5.74, 6) is -1.15. The van der Waals surface area contributed by atoms with Crippen LogP contribution >= 0.6 is 0 Å². The van der Waals surface area contributed by atoms with Crippen LogP contribution in [0.4, 0.5) is 0 Å². The number of methoxy groups -OCH3 is 1. The number of hydrogen-bond donors (Lipinski definition) is 2. The fraction of sp³-hybridized carbons (Fsp3) is 0.545. The van der Waals surface area contributed by atoms with E-state index in [9.17, 15) is 19.8 Å². The van der Waals surface area contributed by atoms with E-state index in [0.29, 0.717) is 36.5 Å². The quantitative estimate of drug-likeness (QED) is 0.115. The zero-order valence-corrected chi connectivity index (χ0v) is 35.1. The number of carbonyl (C=O) groups is 2. The Morgan fingerprint density at radius 1 is 0.964 bits per heavy atom. The summed E-state index contributed by atoms with van der Waals surface area (Å²) in [5, 5.41) is 21.9. The lowest BCUT2D eigenvalue weighted by atomic mass is 9.72. The lowest BCUT2D eigenvalue weighted by Crippen LogP contribution is -2.59. The van der Waals surface area contributed by atoms with Gasteiger partial charge in [-0.05, 0) is 47.3 Å². The first kappa shape index (κ1) is 42.4. The monoisotopic (exact) mass is 776 g/mol. The van der Waals surface area contributed by atoms with Crippen LogP contribution in [-0.4, -0.2) is 74.2 Å². The van der Waals surface area contributed by atoms with Crippen LogP contribution in [0.2, 0.25) is 18.1 Å². The number of rotatable bonds is 15. The van der Waals surface area contributed by atoms with Crippen molar-refractivity contribution >= 4 is 20.3 Å². The molecule has 7 atom stereocenters. The fourth-order valence-electron chi connectivity index (χ4n) is 7.27. The lowest BCUT2D eigenvalue weighted by molar-refractivity contribution is -0.213. The number of aliphatic hydroxyl groups is 1. The third-order valence-electron chi connectivity index (χ3n) is 12.1. The number of aliphatic hydroxyl groups excluding tert-OH is 1. The van der Waals surface area contributed by atoms with Crippen LogP contribution in [0.25, 0.3) is 0 Å². The zero-order valence-electron chi connectivity index (χ0n) is 34.1. The Bertz CT molecular complexity index is 1770. The Labute approximate surface area is 327 Å². The van der Waals surface area contributed by atoms with Crippen molar-refractivity contribution < 1.29 is 47.9 Å². The summed E-state index contributed by atoms with van der Waals surface area (Å²) in [7, 11) is -0.926. The molecular formula is C44H60O10Si. The van der Waals surface area contributed by atoms with Gasteiger partial charge in [0.15, 0.2) is 14.4 Å². The van der Waals surface area contributed by atoms with Gasteiger partial charge in [-0.15, -0.1) is 0 Å². The summed E-state index contributed by atoms with van der Waals surface area (Å²) in [6.45, 7) is 19.4. The van der Waals surface area contributed by atoms with Gasteiger partial charge >= 0.3 is 11.9 Å². The highest BCUT2D eigenvalue weighted by Gasteiger charge is 2.53. The number of ether oxygens (including phenoxy) is 5. The standard InChI is InChI=1S/C44H60O10Si/c1-27-31-21-34(53-42(48)39(31)35(51-26-30-19-15-12-16-20-30)23-33(27)50-25-29-17-13-11-14-18-29)28(2)32(45)22-37-44(6,7)38(54-55(9,10)43(3,4)5)24-36(52-37)40(49-8)41(46)47/h11-20,23,28,32,34,36-38,40,45H,21-22,24-26H2,1-10H3,(H,46,47)/t28-,32+,34?,36+,37-,38-,40+/m1/s1. The molecule has 2 heterocycles. The van der Waals surface area contributed by atoms with E-state index < -0.39 is 62.1 Å². The molecule has 2 aliphatic heterocycles. The second-order valence-corrected chi connectivity index (χ2v) is 22.0. The van der Waals surface area contributed by atoms with Crippen molar-refractivity contribution in [3.63, 3.8) is 0 Å². The molecule has 11 heteroatoms. The maximum atomic E-state index is 13.9. The fourth-order valence-corrected chi connectivity index (χ4v) is 8.74. The highest BCUT2D eigenvalue weighted by atomic mass is 28.4. The SMILES string of the molecule is CO[C@H](C(=O)O)[C@@H]1C[C@@H](O[Si](C)(C)C(C)(C)C)C(C)(C)[C@@H](C[C@H](O)[C@@H](C)C2Cc3c(C)c(OCc4ccccc4)cc(OCc4ccccc4)c3C(=O)O2)O1. The van der Waals surface area contributed by atoms with Crippen LogP contribution in [0.15, 0.2) is 66.7 Å². The number of esters is 1. The number of hydrogen-bond acceptors (Lipinski definition) is 9. The van der Waals surface area contributed by atoms with Crippen LogP contribution < -0.4 is 9.47 Å². The Balaban J connectivity index is 1.41. The molecule has 3 aromatic carbocycles. The minimum absolute atomic E-state index is 0.0773. The largest absolute Gasteiger partial charge is 0.488 e. The van der Waals surface area contributed by atoms with Crippen molar-refractivity contribution in [1.29, 1.82) is 0 Å². The molecular weight excluding hydrogens is 717 g/mol. The molecule has 2 aliphatic rings. The molecule has 5 rings (SSSR count). The van der Waals surface area contributed by atoms with E-state index in [1.165, 1.54) is 7.11 Å². The average molecular weight is 777 g/mol. The molecule has 0 amide bonds. The van der Waals surface area contributed by atoms with E-state index in [0.717, 1.165) is 22.3 Å². The predicted molar refractivity (Wildman–Crippen MR) is 213 cm³/mol. The van der Waals surface area contributed by atoms with E-state index in [1.807, 2.05) is 74.5 Å². The van der Waals surface area contributed by atoms with Gasteiger partial charge in [0.25, 0.3) is 0 Å². The summed E-state index contributed by atoms with van der Waals surface area (Å²) >= 11 is 0. The van der Waals surface area contributed by atoms with Crippen molar-refractivity contribution in [2.24, 2.45) is 11.3 Å². The molecule has 0 spiro atoms. The molecule has 3 aromatic rings. The van der Waals surface area contributed by atoms with Crippen LogP contribution in [0.3, 0.4) is 0 Å². The normalized spacial score (nSPS) is 22.9. The van der Waals surface area contributed by atoms with E-state index in [2.05, 4.69) is 47.7 Å². The number of carbonyl (C=O) groups excluding carboxylic acids is 1. The molecule has 1 saturated heterocycles. The number of carboxylic acids is 1. The lowest BCUT2D eigenvalue weighted by Gasteiger charge is -2.52. The van der Waals surface area contributed by atoms with Gasteiger partial charge in [0.05, 0.1) is 24.4 Å². The molecule has 10 nitrogen and oxygen atoms in total. The van der Waals surface area contributed by atoms with Crippen molar-refractivity contribution in [1.82, 2.24) is 0 Å². The number of fused-ring (bicyclic) bond motifs is 1. The zero-order chi connectivity index (χ0) is 40.3. The first-order chi connectivity index (χ1) is 25.8. The summed E-state index contributed by atoms with van der Waals surface area (Å²) < 4.78 is 37.7. The Kier molecular flexibility index (Phi) is 13.2. The molecule has 0 bridgehead atoms. The van der Waals surface area contributed by atoms with Gasteiger partial charge in [-0.3, -0.25) is 0 Å². The number of carboxylic acid groups (broad SMARTS) is 1. The Hall–Kier alpha value is -3.74. The van der Waals surface area contributed by atoms with Crippen LogP contribution in [0, 0.1) is 18.3 Å². The van der Waals surface area contributed by atoms with Crippen molar-refractivity contribution in [3.05, 3.63) is 94.5 Å². The highest BCUT2D eigenvalue weighted by molar-refractivity contribution is 6.74. The molecule has 1 fully saturated rings. The van der Waals surface area contributed by atoms with E-state index >= 15 is 0 Å². The minimum atomic E-state index is -2.29. The summed E-state index contributed by atoms with van der Waals surface area (Å²) in [6.07, 6.45) is -3.69. The smallest absolute Gasteiger partial charge is 0.342 e. The maximum absolute atomic E-state index is 13.9. The number of aliphatic carboxylic acids is 1. The van der Waals surface area contributed by atoms with Gasteiger partial charge in [-0.25, -0.2) is 9.59 Å². The Morgan fingerprint density at radius 2 is 1.53 bits per heavy atom. The van der Waals surface area contributed by atoms with Gasteiger partial charge in [-0.1, -0.05) is 102 Å². The van der Waals surface area contributed by atoms with Crippen LogP contribution in [0.5, 0.6) is 11.5 Å². The van der Waals surface area contributed by atoms with Crippen molar-refractivity contribution in [2.45, 2.75) is 136 Å². The van der Waals surface area contributed by atoms with Gasteiger partial charge in [0.2, 0.25) is 0 Å². The van der Waals surface area contributed by atoms with Gasteiger partial charge in [0, 0.05) is 43.8 Å². The van der Waals surface area contributed by atoms with E-state index in [1.54, 1.807) is 6.07 Å². The minimum Gasteiger partial charge on any atom is -0.488 e. The van der Waals surface area contributed by atoms with Crippen molar-refractivity contribution in [3.8, 4) is 11.5 Å². The topological polar surface area (TPSA) is 130 Å². The molecule has 0 aromatic heterocycles. The van der Waals surface area contributed by atoms with Gasteiger partial charge in [-0.2, -0.15) is 0 Å². The van der Waals surface area contributed by atoms with Crippen LogP contribution in [0.1, 0.15) is 87.0 Å². The third-order valence-corrected chi connectivity index (χ3v) is 16.6. The molecule has 300 valence electrons. The number of benzene rings is 3. The third kappa shape index (κ3) is 9.63. The summed E-state index contributed by atoms with van der Waals surface area (Å²) in [5.41, 5.74) is 3.30. The highest BCUT2D eigenvalue weighted by Crippen LogP contribution is 2.47. The maximum Gasteiger partial charge on any atom is 0.342 e.